The maximum absolute atomic E-state index is 5.58. The molecule has 0 unspecified atom stereocenters. The molecular weight excluding hydrogens is 314 g/mol. The highest BCUT2D eigenvalue weighted by Gasteiger charge is 2.19. The van der Waals surface area contributed by atoms with Gasteiger partial charge in [0.15, 0.2) is 5.11 Å². The molecule has 2 aromatic carbocycles. The molecule has 1 N–H and O–H groups in total. The summed E-state index contributed by atoms with van der Waals surface area (Å²) in [6, 6.07) is 17.0. The standard InChI is InChI=1S/C20H25N3S/c1-16-6-5-9-19(14-16)21-20(24)23-12-10-22(11-13-23)15-18-8-4-3-7-17(18)2/h3-9,14H,10-13,15H2,1-2H3,(H,21,24). The molecule has 126 valence electrons. The van der Waals surface area contributed by atoms with Crippen molar-refractivity contribution in [1.29, 1.82) is 0 Å². The Balaban J connectivity index is 1.51. The second-order valence-electron chi connectivity index (χ2n) is 6.49. The average Bonchev–Trinajstić information content (AvgIpc) is 2.57. The molecule has 0 bridgehead atoms. The van der Waals surface area contributed by atoms with Gasteiger partial charge in [-0.05, 0) is 54.9 Å². The fraction of sp³-hybridized carbons (Fsp3) is 0.350. The van der Waals surface area contributed by atoms with E-state index in [1.807, 2.05) is 0 Å². The molecule has 0 saturated carbocycles. The molecule has 0 aromatic heterocycles. The van der Waals surface area contributed by atoms with E-state index in [9.17, 15) is 0 Å². The zero-order valence-electron chi connectivity index (χ0n) is 14.5. The van der Waals surface area contributed by atoms with Gasteiger partial charge in [-0.1, -0.05) is 36.4 Å². The van der Waals surface area contributed by atoms with Crippen molar-refractivity contribution < 1.29 is 0 Å². The number of piperazine rings is 1. The zero-order valence-corrected chi connectivity index (χ0v) is 15.3. The maximum atomic E-state index is 5.58. The van der Waals surface area contributed by atoms with Crippen LogP contribution in [-0.2, 0) is 6.54 Å². The van der Waals surface area contributed by atoms with Gasteiger partial charge in [0.1, 0.15) is 0 Å². The van der Waals surface area contributed by atoms with Crippen LogP contribution in [0.25, 0.3) is 0 Å². The summed E-state index contributed by atoms with van der Waals surface area (Å²) in [7, 11) is 0. The highest BCUT2D eigenvalue weighted by Crippen LogP contribution is 2.14. The lowest BCUT2D eigenvalue weighted by atomic mass is 10.1. The van der Waals surface area contributed by atoms with E-state index in [4.69, 9.17) is 12.2 Å². The highest BCUT2D eigenvalue weighted by molar-refractivity contribution is 7.80. The summed E-state index contributed by atoms with van der Waals surface area (Å²) in [6.45, 7) is 9.35. The predicted molar refractivity (Wildman–Crippen MR) is 105 cm³/mol. The number of thiocarbonyl (C=S) groups is 1. The Morgan fingerprint density at radius 3 is 2.46 bits per heavy atom. The van der Waals surface area contributed by atoms with Crippen LogP contribution in [-0.4, -0.2) is 41.1 Å². The van der Waals surface area contributed by atoms with E-state index >= 15 is 0 Å². The molecule has 1 heterocycles. The van der Waals surface area contributed by atoms with Crippen molar-refractivity contribution in [3.05, 3.63) is 65.2 Å². The van der Waals surface area contributed by atoms with Crippen molar-refractivity contribution in [2.45, 2.75) is 20.4 Å². The summed E-state index contributed by atoms with van der Waals surface area (Å²) in [4.78, 5) is 4.78. The fourth-order valence-corrected chi connectivity index (χ4v) is 3.36. The predicted octanol–water partition coefficient (Wildman–Crippen LogP) is 3.82. The lowest BCUT2D eigenvalue weighted by Gasteiger charge is -2.36. The Morgan fingerprint density at radius 1 is 1.00 bits per heavy atom. The number of benzene rings is 2. The summed E-state index contributed by atoms with van der Waals surface area (Å²) in [5, 5.41) is 4.19. The second kappa shape index (κ2) is 7.77. The molecule has 0 radical (unpaired) electrons. The highest BCUT2D eigenvalue weighted by atomic mass is 32.1. The van der Waals surface area contributed by atoms with Crippen LogP contribution in [0.1, 0.15) is 16.7 Å². The van der Waals surface area contributed by atoms with Gasteiger partial charge in [-0.3, -0.25) is 4.90 Å². The molecule has 24 heavy (non-hydrogen) atoms. The Morgan fingerprint density at radius 2 is 1.75 bits per heavy atom. The van der Waals surface area contributed by atoms with E-state index in [1.165, 1.54) is 16.7 Å². The molecule has 3 rings (SSSR count). The largest absolute Gasteiger partial charge is 0.346 e. The van der Waals surface area contributed by atoms with Crippen LogP contribution in [0.4, 0.5) is 5.69 Å². The minimum atomic E-state index is 0.830. The first kappa shape index (κ1) is 16.9. The lowest BCUT2D eigenvalue weighted by Crippen LogP contribution is -2.49. The van der Waals surface area contributed by atoms with Crippen LogP contribution >= 0.6 is 12.2 Å². The molecule has 1 aliphatic rings. The van der Waals surface area contributed by atoms with Gasteiger partial charge in [-0.25, -0.2) is 0 Å². The van der Waals surface area contributed by atoms with Crippen LogP contribution in [0.3, 0.4) is 0 Å². The number of hydrogen-bond acceptors (Lipinski definition) is 2. The SMILES string of the molecule is Cc1cccc(NC(=S)N2CCN(Cc3ccccc3C)CC2)c1. The van der Waals surface area contributed by atoms with Crippen LogP contribution in [0, 0.1) is 13.8 Å². The second-order valence-corrected chi connectivity index (χ2v) is 6.88. The van der Waals surface area contributed by atoms with Crippen LogP contribution < -0.4 is 5.32 Å². The normalized spacial score (nSPS) is 15.3. The molecule has 0 aliphatic carbocycles. The Bertz CT molecular complexity index is 706. The van der Waals surface area contributed by atoms with Crippen molar-refractivity contribution in [1.82, 2.24) is 9.80 Å². The van der Waals surface area contributed by atoms with Gasteiger partial charge in [0.25, 0.3) is 0 Å². The fourth-order valence-electron chi connectivity index (χ4n) is 3.06. The molecule has 0 atom stereocenters. The monoisotopic (exact) mass is 339 g/mol. The minimum absolute atomic E-state index is 0.830. The third-order valence-corrected chi connectivity index (χ3v) is 4.94. The minimum Gasteiger partial charge on any atom is -0.346 e. The van der Waals surface area contributed by atoms with E-state index in [1.54, 1.807) is 0 Å². The van der Waals surface area contributed by atoms with Crippen LogP contribution in [0.2, 0.25) is 0 Å². The summed E-state index contributed by atoms with van der Waals surface area (Å²) >= 11 is 5.58. The van der Waals surface area contributed by atoms with Gasteiger partial charge in [0, 0.05) is 38.4 Å². The van der Waals surface area contributed by atoms with Crippen LogP contribution in [0.5, 0.6) is 0 Å². The van der Waals surface area contributed by atoms with E-state index < -0.39 is 0 Å². The van der Waals surface area contributed by atoms with Gasteiger partial charge >= 0.3 is 0 Å². The van der Waals surface area contributed by atoms with Gasteiger partial charge in [-0.15, -0.1) is 0 Å². The maximum Gasteiger partial charge on any atom is 0.173 e. The summed E-state index contributed by atoms with van der Waals surface area (Å²) in [5.41, 5.74) is 5.11. The van der Waals surface area contributed by atoms with Crippen molar-refractivity contribution in [2.75, 3.05) is 31.5 Å². The Kier molecular flexibility index (Phi) is 5.48. The van der Waals surface area contributed by atoms with Gasteiger partial charge < -0.3 is 10.2 Å². The molecule has 1 fully saturated rings. The first-order valence-corrected chi connectivity index (χ1v) is 8.92. The number of hydrogen-bond donors (Lipinski definition) is 1. The number of rotatable bonds is 3. The van der Waals surface area contributed by atoms with Gasteiger partial charge in [0.2, 0.25) is 0 Å². The molecule has 3 nitrogen and oxygen atoms in total. The van der Waals surface area contributed by atoms with E-state index in [0.717, 1.165) is 43.5 Å². The molecule has 0 amide bonds. The van der Waals surface area contributed by atoms with E-state index in [-0.39, 0.29) is 0 Å². The first-order valence-electron chi connectivity index (χ1n) is 8.51. The quantitative estimate of drug-likeness (QED) is 0.857. The zero-order chi connectivity index (χ0) is 16.9. The van der Waals surface area contributed by atoms with Crippen molar-refractivity contribution in [3.8, 4) is 0 Å². The molecular formula is C20H25N3S. The molecule has 0 spiro atoms. The smallest absolute Gasteiger partial charge is 0.173 e. The van der Waals surface area contributed by atoms with Gasteiger partial charge in [-0.2, -0.15) is 0 Å². The molecule has 4 heteroatoms. The van der Waals surface area contributed by atoms with Crippen LogP contribution in [0.15, 0.2) is 48.5 Å². The lowest BCUT2D eigenvalue weighted by molar-refractivity contribution is 0.176. The molecule has 2 aromatic rings. The average molecular weight is 340 g/mol. The van der Waals surface area contributed by atoms with E-state index in [2.05, 4.69) is 77.5 Å². The third-order valence-electron chi connectivity index (χ3n) is 4.58. The summed E-state index contributed by atoms with van der Waals surface area (Å²) in [6.07, 6.45) is 0. The third kappa shape index (κ3) is 4.34. The number of nitrogens with zero attached hydrogens (tertiary/aromatic N) is 2. The molecule has 1 aliphatic heterocycles. The molecule has 1 saturated heterocycles. The van der Waals surface area contributed by atoms with Crippen molar-refractivity contribution in [3.63, 3.8) is 0 Å². The Labute approximate surface area is 150 Å². The van der Waals surface area contributed by atoms with Crippen molar-refractivity contribution in [2.24, 2.45) is 0 Å². The van der Waals surface area contributed by atoms with Crippen molar-refractivity contribution >= 4 is 23.0 Å². The summed E-state index contributed by atoms with van der Waals surface area (Å²) < 4.78 is 0. The topological polar surface area (TPSA) is 18.5 Å². The van der Waals surface area contributed by atoms with E-state index in [0.29, 0.717) is 0 Å². The number of aryl methyl sites for hydroxylation is 2. The number of anilines is 1. The Hall–Kier alpha value is -1.91. The number of nitrogens with one attached hydrogen (secondary N) is 1. The first-order chi connectivity index (χ1) is 11.6. The van der Waals surface area contributed by atoms with Gasteiger partial charge in [0.05, 0.1) is 0 Å². The summed E-state index contributed by atoms with van der Waals surface area (Å²) in [5.74, 6) is 0.